The lowest BCUT2D eigenvalue weighted by Crippen LogP contribution is -2.24. The first-order valence-corrected chi connectivity index (χ1v) is 4.30. The maximum absolute atomic E-state index is 10.7. The largest absolute Gasteiger partial charge is 0.442 e. The molecule has 6 nitrogen and oxygen atoms in total. The van der Waals surface area contributed by atoms with Gasteiger partial charge in [0.05, 0.1) is 13.1 Å². The minimum Gasteiger partial charge on any atom is -0.442 e. The highest BCUT2D eigenvalue weighted by molar-refractivity contribution is 5.69. The second kappa shape index (κ2) is 3.91. The molecule has 1 amide bonds. The Balaban J connectivity index is 1.80. The third kappa shape index (κ3) is 2.09. The Morgan fingerprint density at radius 2 is 2.36 bits per heavy atom. The Labute approximate surface area is 80.7 Å². The van der Waals surface area contributed by atoms with Crippen molar-refractivity contribution in [2.24, 2.45) is 0 Å². The predicted molar refractivity (Wildman–Crippen MR) is 48.8 cm³/mol. The average molecular weight is 194 g/mol. The molecule has 0 spiro atoms. The van der Waals surface area contributed by atoms with Crippen molar-refractivity contribution in [1.82, 2.24) is 15.3 Å². The summed E-state index contributed by atoms with van der Waals surface area (Å²) in [6, 6.07) is 1.74. The van der Waals surface area contributed by atoms with Gasteiger partial charge in [0.15, 0.2) is 0 Å². The molecule has 1 unspecified atom stereocenters. The average Bonchev–Trinajstić information content (AvgIpc) is 2.63. The Bertz CT molecular complexity index is 316. The Morgan fingerprint density at radius 1 is 1.57 bits per heavy atom. The Morgan fingerprint density at radius 3 is 3.00 bits per heavy atom. The van der Waals surface area contributed by atoms with Gasteiger partial charge in [0.2, 0.25) is 5.95 Å². The molecule has 1 aromatic heterocycles. The van der Waals surface area contributed by atoms with E-state index in [0.717, 1.165) is 0 Å². The van der Waals surface area contributed by atoms with Crippen molar-refractivity contribution < 1.29 is 9.53 Å². The molecule has 1 saturated heterocycles. The molecule has 74 valence electrons. The summed E-state index contributed by atoms with van der Waals surface area (Å²) in [5, 5.41) is 5.53. The van der Waals surface area contributed by atoms with Crippen LogP contribution in [-0.4, -0.2) is 35.3 Å². The van der Waals surface area contributed by atoms with Gasteiger partial charge in [0, 0.05) is 12.4 Å². The molecule has 1 aromatic rings. The van der Waals surface area contributed by atoms with E-state index in [4.69, 9.17) is 4.74 Å². The third-order valence-electron chi connectivity index (χ3n) is 1.80. The number of hydrogen-bond donors (Lipinski definition) is 2. The fourth-order valence-corrected chi connectivity index (χ4v) is 1.14. The molecule has 1 fully saturated rings. The highest BCUT2D eigenvalue weighted by Crippen LogP contribution is 2.01. The maximum Gasteiger partial charge on any atom is 0.407 e. The van der Waals surface area contributed by atoms with Gasteiger partial charge in [-0.05, 0) is 6.07 Å². The minimum absolute atomic E-state index is 0.147. The quantitative estimate of drug-likeness (QED) is 0.708. The lowest BCUT2D eigenvalue weighted by molar-refractivity contribution is 0.145. The number of aromatic nitrogens is 2. The smallest absolute Gasteiger partial charge is 0.407 e. The van der Waals surface area contributed by atoms with Crippen LogP contribution in [0.3, 0.4) is 0 Å². The topological polar surface area (TPSA) is 76.1 Å². The van der Waals surface area contributed by atoms with Crippen LogP contribution in [0.4, 0.5) is 10.7 Å². The monoisotopic (exact) mass is 194 g/mol. The standard InChI is InChI=1S/C8H10N4O2/c13-8-12-5-6(14-8)4-11-7-9-2-1-3-10-7/h1-3,6H,4-5H2,(H,12,13)(H,9,10,11). The van der Waals surface area contributed by atoms with Crippen LogP contribution in [0.1, 0.15) is 0 Å². The molecule has 0 bridgehead atoms. The summed E-state index contributed by atoms with van der Waals surface area (Å²) < 4.78 is 4.91. The number of anilines is 1. The highest BCUT2D eigenvalue weighted by Gasteiger charge is 2.21. The number of rotatable bonds is 3. The molecule has 1 aliphatic heterocycles. The molecule has 0 radical (unpaired) electrons. The molecule has 1 atom stereocenters. The van der Waals surface area contributed by atoms with E-state index in [2.05, 4.69) is 20.6 Å². The summed E-state index contributed by atoms with van der Waals surface area (Å²) in [6.07, 6.45) is 2.78. The van der Waals surface area contributed by atoms with Crippen molar-refractivity contribution in [2.75, 3.05) is 18.4 Å². The SMILES string of the molecule is O=C1NCC(CNc2ncccn2)O1. The molecule has 2 heterocycles. The fraction of sp³-hybridized carbons (Fsp3) is 0.375. The Kier molecular flexibility index (Phi) is 2.44. The van der Waals surface area contributed by atoms with Gasteiger partial charge < -0.3 is 15.4 Å². The van der Waals surface area contributed by atoms with Crippen molar-refractivity contribution in [1.29, 1.82) is 0 Å². The molecule has 1 aliphatic rings. The zero-order valence-electron chi connectivity index (χ0n) is 7.43. The van der Waals surface area contributed by atoms with Gasteiger partial charge in [-0.3, -0.25) is 0 Å². The lowest BCUT2D eigenvalue weighted by Gasteiger charge is -2.08. The number of amides is 1. The molecular weight excluding hydrogens is 184 g/mol. The van der Waals surface area contributed by atoms with E-state index in [1.54, 1.807) is 18.5 Å². The van der Waals surface area contributed by atoms with Gasteiger partial charge in [-0.25, -0.2) is 14.8 Å². The first kappa shape index (κ1) is 8.74. The summed E-state index contributed by atoms with van der Waals surface area (Å²) in [5.41, 5.74) is 0. The summed E-state index contributed by atoms with van der Waals surface area (Å²) in [6.45, 7) is 1.04. The van der Waals surface area contributed by atoms with E-state index < -0.39 is 0 Å². The zero-order valence-corrected chi connectivity index (χ0v) is 7.43. The number of nitrogens with zero attached hydrogens (tertiary/aromatic N) is 2. The van der Waals surface area contributed by atoms with Crippen LogP contribution in [0.5, 0.6) is 0 Å². The van der Waals surface area contributed by atoms with Crippen molar-refractivity contribution in [3.63, 3.8) is 0 Å². The number of alkyl carbamates (subject to hydrolysis) is 1. The number of nitrogens with one attached hydrogen (secondary N) is 2. The van der Waals surface area contributed by atoms with E-state index in [-0.39, 0.29) is 12.2 Å². The normalized spacial score (nSPS) is 20.0. The molecule has 2 N–H and O–H groups in total. The van der Waals surface area contributed by atoms with Crippen molar-refractivity contribution in [2.45, 2.75) is 6.10 Å². The Hall–Kier alpha value is -1.85. The number of hydrogen-bond acceptors (Lipinski definition) is 5. The van der Waals surface area contributed by atoms with Crippen LogP contribution in [0.25, 0.3) is 0 Å². The first-order chi connectivity index (χ1) is 6.84. The predicted octanol–water partition coefficient (Wildman–Crippen LogP) is -0.00310. The van der Waals surface area contributed by atoms with E-state index >= 15 is 0 Å². The van der Waals surface area contributed by atoms with Crippen LogP contribution in [0, 0.1) is 0 Å². The molecule has 0 saturated carbocycles. The number of cyclic esters (lactones) is 1. The maximum atomic E-state index is 10.7. The minimum atomic E-state index is -0.370. The molecule has 6 heteroatoms. The summed E-state index contributed by atoms with van der Waals surface area (Å²) in [5.74, 6) is 0.537. The van der Waals surface area contributed by atoms with Gasteiger partial charge in [-0.15, -0.1) is 0 Å². The van der Waals surface area contributed by atoms with Gasteiger partial charge in [0.25, 0.3) is 0 Å². The van der Waals surface area contributed by atoms with E-state index in [0.29, 0.717) is 19.0 Å². The third-order valence-corrected chi connectivity index (χ3v) is 1.80. The summed E-state index contributed by atoms with van der Waals surface area (Å²) in [7, 11) is 0. The van der Waals surface area contributed by atoms with Gasteiger partial charge >= 0.3 is 6.09 Å². The first-order valence-electron chi connectivity index (χ1n) is 4.30. The fourth-order valence-electron chi connectivity index (χ4n) is 1.14. The van der Waals surface area contributed by atoms with Crippen LogP contribution in [-0.2, 0) is 4.74 Å². The summed E-state index contributed by atoms with van der Waals surface area (Å²) in [4.78, 5) is 18.6. The molecule has 0 aromatic carbocycles. The van der Waals surface area contributed by atoms with Gasteiger partial charge in [-0.1, -0.05) is 0 Å². The van der Waals surface area contributed by atoms with Crippen molar-refractivity contribution in [3.8, 4) is 0 Å². The van der Waals surface area contributed by atoms with Crippen molar-refractivity contribution in [3.05, 3.63) is 18.5 Å². The number of carbonyl (C=O) groups is 1. The van der Waals surface area contributed by atoms with Crippen LogP contribution in [0.15, 0.2) is 18.5 Å². The van der Waals surface area contributed by atoms with E-state index in [9.17, 15) is 4.79 Å². The summed E-state index contributed by atoms with van der Waals surface area (Å²) >= 11 is 0. The molecule has 14 heavy (non-hydrogen) atoms. The van der Waals surface area contributed by atoms with Crippen molar-refractivity contribution >= 4 is 12.0 Å². The van der Waals surface area contributed by atoms with Crippen LogP contribution < -0.4 is 10.6 Å². The van der Waals surface area contributed by atoms with E-state index in [1.165, 1.54) is 0 Å². The molecule has 2 rings (SSSR count). The zero-order chi connectivity index (χ0) is 9.80. The van der Waals surface area contributed by atoms with Crippen LogP contribution in [0.2, 0.25) is 0 Å². The second-order valence-electron chi connectivity index (χ2n) is 2.86. The lowest BCUT2D eigenvalue weighted by atomic mass is 10.3. The highest BCUT2D eigenvalue weighted by atomic mass is 16.6. The van der Waals surface area contributed by atoms with Crippen LogP contribution >= 0.6 is 0 Å². The van der Waals surface area contributed by atoms with Gasteiger partial charge in [-0.2, -0.15) is 0 Å². The van der Waals surface area contributed by atoms with E-state index in [1.807, 2.05) is 0 Å². The molecule has 0 aliphatic carbocycles. The second-order valence-corrected chi connectivity index (χ2v) is 2.86. The number of carbonyl (C=O) groups excluding carboxylic acids is 1. The molecular formula is C8H10N4O2. The van der Waals surface area contributed by atoms with Gasteiger partial charge in [0.1, 0.15) is 6.10 Å². The number of ether oxygens (including phenoxy) is 1.